The van der Waals surface area contributed by atoms with Crippen molar-refractivity contribution in [1.29, 1.82) is 0 Å². The summed E-state index contributed by atoms with van der Waals surface area (Å²) in [5, 5.41) is 7.93. The minimum atomic E-state index is -0.0992. The Morgan fingerprint density at radius 3 is 1.12 bits per heavy atom. The fourth-order valence-corrected chi connectivity index (χ4v) is 8.00. The van der Waals surface area contributed by atoms with Crippen LogP contribution in [-0.4, -0.2) is 4.98 Å². The third-order valence-corrected chi connectivity index (χ3v) is 11.1. The SMILES string of the molecule is Cc1cccc(C)c1NC(C)c1cccc(C(C)Nc2c(C(c3ccccc3)c3ccccc3)cc(C(C)(C)C)cc2C(c2ccccc2)c2ccccc2)n1. The van der Waals surface area contributed by atoms with E-state index in [4.69, 9.17) is 4.98 Å². The highest BCUT2D eigenvalue weighted by Gasteiger charge is 2.30. The fourth-order valence-electron chi connectivity index (χ4n) is 8.00. The van der Waals surface area contributed by atoms with Gasteiger partial charge >= 0.3 is 0 Å². The van der Waals surface area contributed by atoms with Crippen molar-refractivity contribution in [2.24, 2.45) is 0 Å². The van der Waals surface area contributed by atoms with Crippen LogP contribution in [0.15, 0.2) is 170 Å². The predicted octanol–water partition coefficient (Wildman–Crippen LogP) is 13.7. The molecule has 2 atom stereocenters. The van der Waals surface area contributed by atoms with Crippen LogP contribution < -0.4 is 10.6 Å². The molecule has 0 aliphatic rings. The van der Waals surface area contributed by atoms with E-state index in [0.717, 1.165) is 17.1 Å². The molecule has 1 aromatic heterocycles. The summed E-state index contributed by atoms with van der Waals surface area (Å²) >= 11 is 0. The largest absolute Gasteiger partial charge is 0.377 e. The van der Waals surface area contributed by atoms with E-state index in [1.54, 1.807) is 0 Å². The highest BCUT2D eigenvalue weighted by Crippen LogP contribution is 2.46. The molecular weight excluding hydrogens is 679 g/mol. The van der Waals surface area contributed by atoms with E-state index in [0.29, 0.717) is 0 Å². The van der Waals surface area contributed by atoms with Crippen LogP contribution in [0.5, 0.6) is 0 Å². The number of anilines is 2. The maximum atomic E-state index is 5.34. The second-order valence-electron chi connectivity index (χ2n) is 16.3. The number of pyridine rings is 1. The van der Waals surface area contributed by atoms with E-state index < -0.39 is 0 Å². The molecule has 0 bridgehead atoms. The maximum absolute atomic E-state index is 5.34. The van der Waals surface area contributed by atoms with E-state index in [2.05, 4.69) is 229 Å². The average molecular weight is 734 g/mol. The van der Waals surface area contributed by atoms with Gasteiger partial charge in [0.1, 0.15) is 0 Å². The lowest BCUT2D eigenvalue weighted by Crippen LogP contribution is -2.20. The van der Waals surface area contributed by atoms with Gasteiger partial charge in [0.25, 0.3) is 0 Å². The summed E-state index contributed by atoms with van der Waals surface area (Å²) in [4.78, 5) is 5.34. The van der Waals surface area contributed by atoms with Crippen molar-refractivity contribution in [3.05, 3.63) is 231 Å². The summed E-state index contributed by atoms with van der Waals surface area (Å²) in [5.74, 6) is -0.0255. The highest BCUT2D eigenvalue weighted by molar-refractivity contribution is 5.69. The summed E-state index contributed by atoms with van der Waals surface area (Å²) in [6.07, 6.45) is 0. The molecule has 0 spiro atoms. The molecule has 282 valence electrons. The Hall–Kier alpha value is -5.93. The Morgan fingerprint density at radius 1 is 0.429 bits per heavy atom. The van der Waals surface area contributed by atoms with Gasteiger partial charge in [0.15, 0.2) is 0 Å². The van der Waals surface area contributed by atoms with Crippen LogP contribution in [0.1, 0.15) is 120 Å². The summed E-state index contributed by atoms with van der Waals surface area (Å²) in [5.41, 5.74) is 15.6. The van der Waals surface area contributed by atoms with Crippen molar-refractivity contribution in [3.8, 4) is 0 Å². The Balaban J connectivity index is 1.44. The Kier molecular flexibility index (Phi) is 11.5. The molecule has 2 unspecified atom stereocenters. The van der Waals surface area contributed by atoms with Crippen molar-refractivity contribution in [1.82, 2.24) is 4.98 Å². The maximum Gasteiger partial charge on any atom is 0.0657 e. The molecular formula is C53H55N3. The summed E-state index contributed by atoms with van der Waals surface area (Å²) in [7, 11) is 0. The lowest BCUT2D eigenvalue weighted by atomic mass is 9.75. The molecule has 0 radical (unpaired) electrons. The number of aryl methyl sites for hydroxylation is 2. The van der Waals surface area contributed by atoms with Crippen LogP contribution in [-0.2, 0) is 5.41 Å². The molecule has 2 N–H and O–H groups in total. The highest BCUT2D eigenvalue weighted by atomic mass is 15.0. The molecule has 0 aliphatic heterocycles. The van der Waals surface area contributed by atoms with Crippen molar-refractivity contribution in [2.75, 3.05) is 10.6 Å². The molecule has 7 aromatic rings. The second kappa shape index (κ2) is 16.8. The van der Waals surface area contributed by atoms with Gasteiger partial charge in [-0.15, -0.1) is 0 Å². The first-order chi connectivity index (χ1) is 27.1. The van der Waals surface area contributed by atoms with Gasteiger partial charge in [0, 0.05) is 23.2 Å². The van der Waals surface area contributed by atoms with Crippen LogP contribution in [0.2, 0.25) is 0 Å². The van der Waals surface area contributed by atoms with Crippen molar-refractivity contribution in [3.63, 3.8) is 0 Å². The normalized spacial score (nSPS) is 12.7. The molecule has 0 saturated heterocycles. The van der Waals surface area contributed by atoms with Gasteiger partial charge in [-0.3, -0.25) is 4.98 Å². The van der Waals surface area contributed by atoms with E-state index in [1.165, 1.54) is 55.8 Å². The molecule has 7 rings (SSSR count). The molecule has 6 aromatic carbocycles. The van der Waals surface area contributed by atoms with Gasteiger partial charge in [-0.05, 0) is 95.3 Å². The molecule has 3 heteroatoms. The van der Waals surface area contributed by atoms with Gasteiger partial charge in [0.05, 0.1) is 23.5 Å². The standard InChI is InChI=1S/C53H55N3/c1-36-22-20-23-37(2)51(36)54-38(3)47-32-21-33-48(56-47)39(4)55-52-45(49(40-24-12-8-13-25-40)41-26-14-9-15-27-41)34-44(53(5,6)7)35-46(52)50(42-28-16-10-17-29-42)43-30-18-11-19-31-43/h8-35,38-39,49-50,54-55H,1-7H3. The molecule has 0 fully saturated rings. The van der Waals surface area contributed by atoms with Gasteiger partial charge in [-0.1, -0.05) is 178 Å². The Labute approximate surface area is 334 Å². The third-order valence-electron chi connectivity index (χ3n) is 11.1. The zero-order valence-corrected chi connectivity index (χ0v) is 33.9. The number of aromatic nitrogens is 1. The Bertz CT molecular complexity index is 2140. The number of hydrogen-bond acceptors (Lipinski definition) is 3. The number of rotatable bonds is 12. The van der Waals surface area contributed by atoms with E-state index in [-0.39, 0.29) is 29.3 Å². The Morgan fingerprint density at radius 2 is 0.768 bits per heavy atom. The summed E-state index contributed by atoms with van der Waals surface area (Å²) < 4.78 is 0. The first-order valence-electron chi connectivity index (χ1n) is 20.0. The number of nitrogens with one attached hydrogen (secondary N) is 2. The van der Waals surface area contributed by atoms with Crippen LogP contribution in [0.3, 0.4) is 0 Å². The quantitative estimate of drug-likeness (QED) is 0.123. The lowest BCUT2D eigenvalue weighted by molar-refractivity contribution is 0.587. The number of para-hydroxylation sites is 1. The predicted molar refractivity (Wildman–Crippen MR) is 237 cm³/mol. The molecule has 3 nitrogen and oxygen atoms in total. The van der Waals surface area contributed by atoms with E-state index in [9.17, 15) is 0 Å². The molecule has 0 aliphatic carbocycles. The third kappa shape index (κ3) is 8.48. The average Bonchev–Trinajstić information content (AvgIpc) is 3.21. The molecule has 0 saturated carbocycles. The van der Waals surface area contributed by atoms with Crippen LogP contribution in [0.4, 0.5) is 11.4 Å². The fraction of sp³-hybridized carbons (Fsp3) is 0.226. The minimum absolute atomic E-state index is 0.0128. The number of nitrogens with zero attached hydrogens (tertiary/aromatic N) is 1. The van der Waals surface area contributed by atoms with Crippen molar-refractivity contribution in [2.45, 2.75) is 77.8 Å². The first-order valence-corrected chi connectivity index (χ1v) is 20.0. The van der Waals surface area contributed by atoms with Crippen LogP contribution >= 0.6 is 0 Å². The lowest BCUT2D eigenvalue weighted by Gasteiger charge is -2.33. The number of hydrogen-bond donors (Lipinski definition) is 2. The summed E-state index contributed by atoms with van der Waals surface area (Å²) in [6.45, 7) is 15.8. The van der Waals surface area contributed by atoms with Gasteiger partial charge < -0.3 is 10.6 Å². The van der Waals surface area contributed by atoms with Crippen molar-refractivity contribution >= 4 is 11.4 Å². The monoisotopic (exact) mass is 733 g/mol. The zero-order chi connectivity index (χ0) is 39.2. The van der Waals surface area contributed by atoms with E-state index in [1.807, 2.05) is 0 Å². The van der Waals surface area contributed by atoms with Gasteiger partial charge in [0.2, 0.25) is 0 Å². The minimum Gasteiger partial charge on any atom is -0.377 e. The number of benzene rings is 6. The molecule has 0 amide bonds. The van der Waals surface area contributed by atoms with E-state index >= 15 is 0 Å². The summed E-state index contributed by atoms with van der Waals surface area (Å²) in [6, 6.07) is 61.7. The smallest absolute Gasteiger partial charge is 0.0657 e. The molecule has 56 heavy (non-hydrogen) atoms. The van der Waals surface area contributed by atoms with Crippen molar-refractivity contribution < 1.29 is 0 Å². The topological polar surface area (TPSA) is 37.0 Å². The van der Waals surface area contributed by atoms with Gasteiger partial charge in [-0.2, -0.15) is 0 Å². The van der Waals surface area contributed by atoms with Crippen LogP contribution in [0, 0.1) is 13.8 Å². The van der Waals surface area contributed by atoms with Crippen LogP contribution in [0.25, 0.3) is 0 Å². The molecule has 1 heterocycles. The first kappa shape index (κ1) is 38.3. The zero-order valence-electron chi connectivity index (χ0n) is 33.9. The second-order valence-corrected chi connectivity index (χ2v) is 16.3. The van der Waals surface area contributed by atoms with Gasteiger partial charge in [-0.25, -0.2) is 0 Å².